The molecule has 0 bridgehead atoms. The molecular formula is C20H26Cl2N4O3S. The Hall–Kier alpha value is -1.87. The number of hydrogen-bond acceptors (Lipinski definition) is 6. The first kappa shape index (κ1) is 24.4. The molecule has 0 aliphatic heterocycles. The number of amides is 2. The van der Waals surface area contributed by atoms with E-state index in [0.29, 0.717) is 52.2 Å². The Balaban J connectivity index is 2.03. The van der Waals surface area contributed by atoms with E-state index in [-0.39, 0.29) is 24.8 Å². The van der Waals surface area contributed by atoms with Gasteiger partial charge in [0, 0.05) is 43.6 Å². The zero-order valence-corrected chi connectivity index (χ0v) is 19.5. The van der Waals surface area contributed by atoms with Crippen LogP contribution in [0.25, 0.3) is 0 Å². The van der Waals surface area contributed by atoms with Crippen LogP contribution in [0.4, 0.5) is 10.8 Å². The van der Waals surface area contributed by atoms with Crippen molar-refractivity contribution in [1.29, 1.82) is 0 Å². The number of halogens is 2. The molecule has 0 spiro atoms. The molecule has 0 saturated heterocycles. The fourth-order valence-corrected chi connectivity index (χ4v) is 3.49. The third-order valence-corrected chi connectivity index (χ3v) is 5.38. The van der Waals surface area contributed by atoms with E-state index in [9.17, 15) is 9.59 Å². The second kappa shape index (κ2) is 12.1. The third-order valence-electron chi connectivity index (χ3n) is 4.06. The lowest BCUT2D eigenvalue weighted by Crippen LogP contribution is -2.38. The fourth-order valence-electron chi connectivity index (χ4n) is 2.46. The molecule has 0 unspecified atom stereocenters. The molecule has 2 N–H and O–H groups in total. The number of rotatable bonds is 11. The van der Waals surface area contributed by atoms with E-state index in [4.69, 9.17) is 27.9 Å². The highest BCUT2D eigenvalue weighted by Crippen LogP contribution is 2.30. The molecular weight excluding hydrogens is 447 g/mol. The Morgan fingerprint density at radius 2 is 2.03 bits per heavy atom. The van der Waals surface area contributed by atoms with Crippen molar-refractivity contribution in [2.75, 3.05) is 38.7 Å². The average Bonchev–Trinajstić information content (AvgIpc) is 3.17. The molecule has 1 aromatic heterocycles. The Morgan fingerprint density at radius 3 is 2.73 bits per heavy atom. The summed E-state index contributed by atoms with van der Waals surface area (Å²) < 4.78 is 5.10. The van der Waals surface area contributed by atoms with Gasteiger partial charge in [0.05, 0.1) is 17.3 Å². The van der Waals surface area contributed by atoms with Crippen LogP contribution in [0.15, 0.2) is 23.6 Å². The van der Waals surface area contributed by atoms with Crippen LogP contribution < -0.4 is 10.6 Å². The van der Waals surface area contributed by atoms with Crippen LogP contribution in [-0.2, 0) is 9.53 Å². The summed E-state index contributed by atoms with van der Waals surface area (Å²) in [6.07, 6.45) is 0.218. The highest BCUT2D eigenvalue weighted by Gasteiger charge is 2.20. The SMILES string of the molecule is COCCN(CCC(=O)NCC(C)C)C(=O)c1csc(Nc2cc(Cl)ccc2Cl)n1. The van der Waals surface area contributed by atoms with E-state index in [2.05, 4.69) is 15.6 Å². The lowest BCUT2D eigenvalue weighted by atomic mass is 10.2. The zero-order chi connectivity index (χ0) is 22.1. The summed E-state index contributed by atoms with van der Waals surface area (Å²) in [4.78, 5) is 30.9. The number of thiazole rings is 1. The quantitative estimate of drug-likeness (QED) is 0.504. The minimum Gasteiger partial charge on any atom is -0.383 e. The summed E-state index contributed by atoms with van der Waals surface area (Å²) in [6.45, 7) is 5.68. The van der Waals surface area contributed by atoms with Gasteiger partial charge in [0.15, 0.2) is 5.13 Å². The van der Waals surface area contributed by atoms with Gasteiger partial charge in [-0.2, -0.15) is 0 Å². The normalized spacial score (nSPS) is 10.9. The first-order valence-corrected chi connectivity index (χ1v) is 11.2. The van der Waals surface area contributed by atoms with Gasteiger partial charge in [-0.3, -0.25) is 9.59 Å². The minimum atomic E-state index is -0.259. The van der Waals surface area contributed by atoms with Crippen molar-refractivity contribution in [2.45, 2.75) is 20.3 Å². The van der Waals surface area contributed by atoms with E-state index in [1.54, 1.807) is 35.6 Å². The summed E-state index contributed by atoms with van der Waals surface area (Å²) in [6, 6.07) is 5.06. The smallest absolute Gasteiger partial charge is 0.273 e. The van der Waals surface area contributed by atoms with Gasteiger partial charge < -0.3 is 20.3 Å². The van der Waals surface area contributed by atoms with E-state index >= 15 is 0 Å². The number of nitrogens with zero attached hydrogens (tertiary/aromatic N) is 2. The second-order valence-electron chi connectivity index (χ2n) is 7.02. The summed E-state index contributed by atoms with van der Waals surface area (Å²) in [5.41, 5.74) is 0.898. The van der Waals surface area contributed by atoms with Crippen LogP contribution in [0.3, 0.4) is 0 Å². The molecule has 0 aliphatic rings. The van der Waals surface area contributed by atoms with Gasteiger partial charge in [0.2, 0.25) is 5.91 Å². The zero-order valence-electron chi connectivity index (χ0n) is 17.2. The molecule has 1 heterocycles. The summed E-state index contributed by atoms with van der Waals surface area (Å²) in [7, 11) is 1.57. The number of carbonyl (C=O) groups is 2. The summed E-state index contributed by atoms with van der Waals surface area (Å²) in [5, 5.41) is 9.16. The molecule has 0 radical (unpaired) electrons. The van der Waals surface area contributed by atoms with Crippen LogP contribution in [-0.4, -0.2) is 55.0 Å². The predicted molar refractivity (Wildman–Crippen MR) is 122 cm³/mol. The largest absolute Gasteiger partial charge is 0.383 e. The van der Waals surface area contributed by atoms with E-state index in [1.807, 2.05) is 13.8 Å². The maximum absolute atomic E-state index is 12.9. The molecule has 7 nitrogen and oxygen atoms in total. The fraction of sp³-hybridized carbons (Fsp3) is 0.450. The van der Waals surface area contributed by atoms with E-state index < -0.39 is 0 Å². The number of methoxy groups -OCH3 is 1. The van der Waals surface area contributed by atoms with Gasteiger partial charge in [0.1, 0.15) is 5.69 Å². The van der Waals surface area contributed by atoms with Crippen molar-refractivity contribution in [3.8, 4) is 0 Å². The van der Waals surface area contributed by atoms with Crippen molar-refractivity contribution >= 4 is 57.2 Å². The first-order valence-electron chi connectivity index (χ1n) is 9.52. The second-order valence-corrected chi connectivity index (χ2v) is 8.72. The molecule has 10 heteroatoms. The molecule has 0 atom stereocenters. The van der Waals surface area contributed by atoms with Crippen LogP contribution in [0.5, 0.6) is 0 Å². The third kappa shape index (κ3) is 7.75. The Bertz CT molecular complexity index is 860. The van der Waals surface area contributed by atoms with Crippen LogP contribution in [0.1, 0.15) is 30.8 Å². The monoisotopic (exact) mass is 472 g/mol. The maximum atomic E-state index is 12.9. The number of aromatic nitrogens is 1. The summed E-state index contributed by atoms with van der Waals surface area (Å²) in [5.74, 6) is 0.0226. The molecule has 2 rings (SSSR count). The van der Waals surface area contributed by atoms with Gasteiger partial charge in [0.25, 0.3) is 5.91 Å². The molecule has 2 aromatic rings. The number of hydrogen-bond donors (Lipinski definition) is 2. The standard InChI is InChI=1S/C20H26Cl2N4O3S/c1-13(2)11-23-18(27)6-7-26(8-9-29-3)19(28)17-12-30-20(25-17)24-16-10-14(21)4-5-15(16)22/h4-5,10,12-13H,6-9,11H2,1-3H3,(H,23,27)(H,24,25). The topological polar surface area (TPSA) is 83.6 Å². The van der Waals surface area contributed by atoms with Crippen molar-refractivity contribution in [1.82, 2.24) is 15.2 Å². The van der Waals surface area contributed by atoms with Crippen LogP contribution >= 0.6 is 34.5 Å². The van der Waals surface area contributed by atoms with Crippen LogP contribution in [0.2, 0.25) is 10.0 Å². The molecule has 0 fully saturated rings. The molecule has 0 aliphatic carbocycles. The minimum absolute atomic E-state index is 0.0878. The van der Waals surface area contributed by atoms with Gasteiger partial charge in [-0.1, -0.05) is 37.0 Å². The first-order chi connectivity index (χ1) is 14.3. The molecule has 1 aromatic carbocycles. The lowest BCUT2D eigenvalue weighted by Gasteiger charge is -2.21. The van der Waals surface area contributed by atoms with Gasteiger partial charge in [-0.15, -0.1) is 11.3 Å². The Kier molecular flexibility index (Phi) is 9.84. The summed E-state index contributed by atoms with van der Waals surface area (Å²) >= 11 is 13.5. The molecule has 2 amide bonds. The van der Waals surface area contributed by atoms with Gasteiger partial charge >= 0.3 is 0 Å². The number of anilines is 2. The van der Waals surface area contributed by atoms with Crippen molar-refractivity contribution in [3.05, 3.63) is 39.3 Å². The number of nitrogens with one attached hydrogen (secondary N) is 2. The van der Waals surface area contributed by atoms with Crippen LogP contribution in [0, 0.1) is 5.92 Å². The van der Waals surface area contributed by atoms with E-state index in [0.717, 1.165) is 0 Å². The van der Waals surface area contributed by atoms with Gasteiger partial charge in [-0.05, 0) is 24.1 Å². The molecule has 30 heavy (non-hydrogen) atoms. The lowest BCUT2D eigenvalue weighted by molar-refractivity contribution is -0.121. The van der Waals surface area contributed by atoms with Gasteiger partial charge in [-0.25, -0.2) is 4.98 Å². The molecule has 164 valence electrons. The predicted octanol–water partition coefficient (Wildman–Crippen LogP) is 4.44. The maximum Gasteiger partial charge on any atom is 0.273 e. The number of ether oxygens (including phenoxy) is 1. The average molecular weight is 473 g/mol. The Labute approximate surface area is 190 Å². The van der Waals surface area contributed by atoms with Crippen molar-refractivity contribution in [2.24, 2.45) is 5.92 Å². The van der Waals surface area contributed by atoms with Crippen molar-refractivity contribution in [3.63, 3.8) is 0 Å². The highest BCUT2D eigenvalue weighted by molar-refractivity contribution is 7.14. The van der Waals surface area contributed by atoms with Crippen molar-refractivity contribution < 1.29 is 14.3 Å². The van der Waals surface area contributed by atoms with E-state index in [1.165, 1.54) is 11.3 Å². The molecule has 0 saturated carbocycles. The highest BCUT2D eigenvalue weighted by atomic mass is 35.5. The Morgan fingerprint density at radius 1 is 1.27 bits per heavy atom. The number of benzene rings is 1. The number of carbonyl (C=O) groups excluding carboxylic acids is 2.